The zero-order valence-electron chi connectivity index (χ0n) is 13.8. The SMILES string of the molecule is CCNC(=O)N1CC[C@H](N[C@H](C)Cc2ccccc2SC)C1. The molecule has 0 saturated carbocycles. The van der Waals surface area contributed by atoms with Crippen molar-refractivity contribution in [2.75, 3.05) is 25.9 Å². The van der Waals surface area contributed by atoms with E-state index in [4.69, 9.17) is 0 Å². The number of rotatable bonds is 6. The highest BCUT2D eigenvalue weighted by atomic mass is 32.2. The molecule has 2 N–H and O–H groups in total. The summed E-state index contributed by atoms with van der Waals surface area (Å²) in [5, 5.41) is 6.55. The van der Waals surface area contributed by atoms with Gasteiger partial charge in [-0.05, 0) is 44.6 Å². The molecule has 22 heavy (non-hydrogen) atoms. The van der Waals surface area contributed by atoms with E-state index < -0.39 is 0 Å². The maximum Gasteiger partial charge on any atom is 0.317 e. The van der Waals surface area contributed by atoms with Crippen molar-refractivity contribution in [1.29, 1.82) is 0 Å². The van der Waals surface area contributed by atoms with Crippen molar-refractivity contribution >= 4 is 17.8 Å². The van der Waals surface area contributed by atoms with Crippen molar-refractivity contribution in [1.82, 2.24) is 15.5 Å². The highest BCUT2D eigenvalue weighted by Crippen LogP contribution is 2.21. The molecule has 1 aliphatic heterocycles. The molecule has 4 nitrogen and oxygen atoms in total. The number of likely N-dealkylation sites (tertiary alicyclic amines) is 1. The Labute approximate surface area is 138 Å². The van der Waals surface area contributed by atoms with Gasteiger partial charge in [-0.3, -0.25) is 0 Å². The average molecular weight is 321 g/mol. The third-order valence-corrected chi connectivity index (χ3v) is 4.88. The van der Waals surface area contributed by atoms with Crippen molar-refractivity contribution in [3.05, 3.63) is 29.8 Å². The lowest BCUT2D eigenvalue weighted by Crippen LogP contribution is -2.43. The number of carbonyl (C=O) groups excluding carboxylic acids is 1. The van der Waals surface area contributed by atoms with Gasteiger partial charge in [-0.25, -0.2) is 4.79 Å². The fourth-order valence-electron chi connectivity index (χ4n) is 3.01. The number of nitrogens with one attached hydrogen (secondary N) is 2. The highest BCUT2D eigenvalue weighted by Gasteiger charge is 2.26. The summed E-state index contributed by atoms with van der Waals surface area (Å²) in [5.74, 6) is 0. The molecule has 1 aromatic carbocycles. The third-order valence-electron chi connectivity index (χ3n) is 4.04. The van der Waals surface area contributed by atoms with Gasteiger partial charge in [0.15, 0.2) is 0 Å². The summed E-state index contributed by atoms with van der Waals surface area (Å²) < 4.78 is 0. The molecule has 1 heterocycles. The molecule has 2 atom stereocenters. The molecule has 0 unspecified atom stereocenters. The van der Waals surface area contributed by atoms with E-state index in [1.807, 2.05) is 11.8 Å². The average Bonchev–Trinajstić information content (AvgIpc) is 2.96. The predicted molar refractivity (Wildman–Crippen MR) is 93.6 cm³/mol. The molecule has 0 spiro atoms. The van der Waals surface area contributed by atoms with Crippen LogP contribution in [0.1, 0.15) is 25.8 Å². The second-order valence-electron chi connectivity index (χ2n) is 5.85. The normalized spacial score (nSPS) is 19.2. The summed E-state index contributed by atoms with van der Waals surface area (Å²) in [5.41, 5.74) is 1.40. The molecular formula is C17H27N3OS. The van der Waals surface area contributed by atoms with Crippen LogP contribution in [-0.2, 0) is 6.42 Å². The summed E-state index contributed by atoms with van der Waals surface area (Å²) in [6.45, 7) is 6.52. The van der Waals surface area contributed by atoms with Crippen LogP contribution in [-0.4, -0.2) is 48.9 Å². The molecule has 1 aliphatic rings. The van der Waals surface area contributed by atoms with E-state index in [0.29, 0.717) is 18.6 Å². The van der Waals surface area contributed by atoms with Crippen molar-refractivity contribution in [3.63, 3.8) is 0 Å². The quantitative estimate of drug-likeness (QED) is 0.792. The Balaban J connectivity index is 1.83. The largest absolute Gasteiger partial charge is 0.338 e. The van der Waals surface area contributed by atoms with Gasteiger partial charge in [0.2, 0.25) is 0 Å². The van der Waals surface area contributed by atoms with Crippen LogP contribution in [0.5, 0.6) is 0 Å². The Morgan fingerprint density at radius 3 is 2.95 bits per heavy atom. The molecule has 1 fully saturated rings. The number of nitrogens with zero attached hydrogens (tertiary/aromatic N) is 1. The minimum Gasteiger partial charge on any atom is -0.338 e. The Morgan fingerprint density at radius 1 is 1.45 bits per heavy atom. The Hall–Kier alpha value is -1.20. The lowest BCUT2D eigenvalue weighted by molar-refractivity contribution is 0.208. The first-order valence-electron chi connectivity index (χ1n) is 8.04. The van der Waals surface area contributed by atoms with Crippen LogP contribution in [0, 0.1) is 0 Å². The molecule has 0 aromatic heterocycles. The van der Waals surface area contributed by atoms with Crippen LogP contribution in [0.4, 0.5) is 4.79 Å². The number of carbonyl (C=O) groups is 1. The number of thioether (sulfide) groups is 1. The fourth-order valence-corrected chi connectivity index (χ4v) is 3.63. The summed E-state index contributed by atoms with van der Waals surface area (Å²) in [7, 11) is 0. The van der Waals surface area contributed by atoms with E-state index >= 15 is 0 Å². The molecule has 0 radical (unpaired) electrons. The second-order valence-corrected chi connectivity index (χ2v) is 6.70. The monoisotopic (exact) mass is 321 g/mol. The van der Waals surface area contributed by atoms with Crippen molar-refractivity contribution < 1.29 is 4.79 Å². The van der Waals surface area contributed by atoms with Crippen LogP contribution in [0.25, 0.3) is 0 Å². The van der Waals surface area contributed by atoms with Gasteiger partial charge in [0.05, 0.1) is 0 Å². The minimum absolute atomic E-state index is 0.0622. The first-order valence-corrected chi connectivity index (χ1v) is 9.27. The smallest absolute Gasteiger partial charge is 0.317 e. The van der Waals surface area contributed by atoms with E-state index in [0.717, 1.165) is 25.9 Å². The van der Waals surface area contributed by atoms with Crippen LogP contribution in [0.3, 0.4) is 0 Å². The van der Waals surface area contributed by atoms with Crippen LogP contribution < -0.4 is 10.6 Å². The molecule has 2 rings (SSSR count). The van der Waals surface area contributed by atoms with Crippen LogP contribution in [0.2, 0.25) is 0 Å². The Kier molecular flexibility index (Phi) is 6.58. The molecule has 1 saturated heterocycles. The van der Waals surface area contributed by atoms with Gasteiger partial charge in [-0.2, -0.15) is 0 Å². The van der Waals surface area contributed by atoms with Gasteiger partial charge < -0.3 is 15.5 Å². The molecule has 0 aliphatic carbocycles. The molecule has 5 heteroatoms. The Bertz CT molecular complexity index is 495. The summed E-state index contributed by atoms with van der Waals surface area (Å²) in [4.78, 5) is 15.1. The van der Waals surface area contributed by atoms with E-state index in [-0.39, 0.29) is 6.03 Å². The fraction of sp³-hybridized carbons (Fsp3) is 0.588. The van der Waals surface area contributed by atoms with Crippen molar-refractivity contribution in [2.24, 2.45) is 0 Å². The predicted octanol–water partition coefficient (Wildman–Crippen LogP) is 2.73. The van der Waals surface area contributed by atoms with Crippen LogP contribution >= 0.6 is 11.8 Å². The summed E-state index contributed by atoms with van der Waals surface area (Å²) in [6, 6.07) is 9.46. The molecular weight excluding hydrogens is 294 g/mol. The van der Waals surface area contributed by atoms with Crippen molar-refractivity contribution in [2.45, 2.75) is 43.7 Å². The Morgan fingerprint density at radius 2 is 2.23 bits per heavy atom. The van der Waals surface area contributed by atoms with Gasteiger partial charge in [-0.1, -0.05) is 18.2 Å². The minimum atomic E-state index is 0.0622. The standard InChI is InChI=1S/C17H27N3OS/c1-4-18-17(21)20-10-9-15(12-20)19-13(2)11-14-7-5-6-8-16(14)22-3/h5-8,13,15,19H,4,9-12H2,1-3H3,(H,18,21)/t13-,15+/m1/s1. The first-order chi connectivity index (χ1) is 10.6. The van der Waals surface area contributed by atoms with Gasteiger partial charge in [-0.15, -0.1) is 11.8 Å². The molecule has 0 bridgehead atoms. The lowest BCUT2D eigenvalue weighted by atomic mass is 10.1. The zero-order chi connectivity index (χ0) is 15.9. The van der Waals surface area contributed by atoms with Gasteiger partial charge in [0.25, 0.3) is 0 Å². The number of hydrogen-bond acceptors (Lipinski definition) is 3. The van der Waals surface area contributed by atoms with Gasteiger partial charge >= 0.3 is 6.03 Å². The van der Waals surface area contributed by atoms with E-state index in [2.05, 4.69) is 48.1 Å². The van der Waals surface area contributed by atoms with Crippen molar-refractivity contribution in [3.8, 4) is 0 Å². The second kappa shape index (κ2) is 8.44. The number of hydrogen-bond donors (Lipinski definition) is 2. The molecule has 2 amide bonds. The van der Waals surface area contributed by atoms with Gasteiger partial charge in [0, 0.05) is 36.6 Å². The topological polar surface area (TPSA) is 44.4 Å². The van der Waals surface area contributed by atoms with E-state index in [1.165, 1.54) is 10.5 Å². The van der Waals surface area contributed by atoms with Gasteiger partial charge in [0.1, 0.15) is 0 Å². The summed E-state index contributed by atoms with van der Waals surface area (Å²) >= 11 is 1.80. The maximum atomic E-state index is 11.8. The van der Waals surface area contributed by atoms with Crippen LogP contribution in [0.15, 0.2) is 29.2 Å². The third kappa shape index (κ3) is 4.65. The molecule has 1 aromatic rings. The number of amides is 2. The highest BCUT2D eigenvalue weighted by molar-refractivity contribution is 7.98. The van der Waals surface area contributed by atoms with E-state index in [1.54, 1.807) is 11.8 Å². The van der Waals surface area contributed by atoms with E-state index in [9.17, 15) is 4.79 Å². The zero-order valence-corrected chi connectivity index (χ0v) is 14.6. The number of urea groups is 1. The first kappa shape index (κ1) is 17.2. The maximum absolute atomic E-state index is 11.8. The summed E-state index contributed by atoms with van der Waals surface area (Å²) in [6.07, 6.45) is 4.18. The number of benzene rings is 1. The lowest BCUT2D eigenvalue weighted by Gasteiger charge is -2.21. The molecule has 122 valence electrons.